The van der Waals surface area contributed by atoms with Crippen LogP contribution in [0.5, 0.6) is 0 Å². The van der Waals surface area contributed by atoms with Gasteiger partial charge in [-0.25, -0.2) is 0 Å². The normalized spacial score (nSPS) is 19.6. The first kappa shape index (κ1) is 18.0. The van der Waals surface area contributed by atoms with Crippen LogP contribution >= 0.6 is 0 Å². The van der Waals surface area contributed by atoms with E-state index in [2.05, 4.69) is 24.1 Å². The maximum absolute atomic E-state index is 3.56. The maximum Gasteiger partial charge on any atom is 0.0221 e. The van der Waals surface area contributed by atoms with E-state index in [9.17, 15) is 0 Å². The number of hydrogen-bond donors (Lipinski definition) is 1. The van der Waals surface area contributed by atoms with Crippen LogP contribution in [0.1, 0.15) is 84.5 Å². The lowest BCUT2D eigenvalue weighted by Crippen LogP contribution is -2.46. The summed E-state index contributed by atoms with van der Waals surface area (Å²) in [6.45, 7) is 9.68. The number of unbranched alkanes of at least 4 members (excludes halogenated alkanes) is 7. The monoisotopic (exact) mass is 282 g/mol. The van der Waals surface area contributed by atoms with Gasteiger partial charge in [-0.3, -0.25) is 4.90 Å². The van der Waals surface area contributed by atoms with Crippen molar-refractivity contribution in [3.8, 4) is 0 Å². The van der Waals surface area contributed by atoms with Crippen molar-refractivity contribution in [1.29, 1.82) is 0 Å². The zero-order chi connectivity index (χ0) is 14.5. The highest BCUT2D eigenvalue weighted by atomic mass is 15.2. The Balaban J connectivity index is 2.03. The van der Waals surface area contributed by atoms with E-state index < -0.39 is 0 Å². The number of hydrogen-bond acceptors (Lipinski definition) is 2. The molecular formula is C18H38N2. The molecule has 1 saturated heterocycles. The van der Waals surface area contributed by atoms with Crippen LogP contribution in [0.25, 0.3) is 0 Å². The number of piperidine rings is 1. The molecule has 0 aromatic carbocycles. The van der Waals surface area contributed by atoms with Gasteiger partial charge in [0.2, 0.25) is 0 Å². The first-order valence-corrected chi connectivity index (χ1v) is 9.33. The lowest BCUT2D eigenvalue weighted by Gasteiger charge is -2.34. The van der Waals surface area contributed by atoms with Crippen LogP contribution in [-0.4, -0.2) is 37.1 Å². The zero-order valence-electron chi connectivity index (χ0n) is 14.1. The minimum atomic E-state index is 0.813. The summed E-state index contributed by atoms with van der Waals surface area (Å²) in [5, 5.41) is 3.56. The molecule has 20 heavy (non-hydrogen) atoms. The Kier molecular flexibility index (Phi) is 11.4. The standard InChI is InChI=1S/C18H38N2/c1-3-5-6-7-8-9-10-11-16-20(15-4-2)18-13-12-14-19-17-18/h18-19H,3-17H2,1-2H3. The van der Waals surface area contributed by atoms with E-state index in [0.29, 0.717) is 0 Å². The first-order valence-electron chi connectivity index (χ1n) is 9.33. The molecule has 2 nitrogen and oxygen atoms in total. The fourth-order valence-electron chi connectivity index (χ4n) is 3.36. The van der Waals surface area contributed by atoms with E-state index in [1.54, 1.807) is 0 Å². The zero-order valence-corrected chi connectivity index (χ0v) is 14.1. The van der Waals surface area contributed by atoms with E-state index in [4.69, 9.17) is 0 Å². The fourth-order valence-corrected chi connectivity index (χ4v) is 3.36. The number of nitrogens with zero attached hydrogens (tertiary/aromatic N) is 1. The van der Waals surface area contributed by atoms with Crippen LogP contribution in [-0.2, 0) is 0 Å². The molecule has 120 valence electrons. The van der Waals surface area contributed by atoms with Crippen molar-refractivity contribution in [2.24, 2.45) is 0 Å². The van der Waals surface area contributed by atoms with Gasteiger partial charge in [0.1, 0.15) is 0 Å². The van der Waals surface area contributed by atoms with Gasteiger partial charge < -0.3 is 5.32 Å². The van der Waals surface area contributed by atoms with Crippen molar-refractivity contribution in [3.63, 3.8) is 0 Å². The lowest BCUT2D eigenvalue weighted by molar-refractivity contribution is 0.162. The van der Waals surface area contributed by atoms with E-state index in [1.165, 1.54) is 96.8 Å². The third-order valence-corrected chi connectivity index (χ3v) is 4.60. The summed E-state index contributed by atoms with van der Waals surface area (Å²) in [4.78, 5) is 2.75. The van der Waals surface area contributed by atoms with Crippen molar-refractivity contribution in [3.05, 3.63) is 0 Å². The molecule has 1 heterocycles. The Labute approximate surface area is 127 Å². The Morgan fingerprint density at radius 2 is 1.55 bits per heavy atom. The van der Waals surface area contributed by atoms with Gasteiger partial charge in [0.15, 0.2) is 0 Å². The van der Waals surface area contributed by atoms with E-state index >= 15 is 0 Å². The molecule has 1 atom stereocenters. The highest BCUT2D eigenvalue weighted by Gasteiger charge is 2.19. The molecule has 0 aliphatic carbocycles. The summed E-state index contributed by atoms with van der Waals surface area (Å²) in [7, 11) is 0. The maximum atomic E-state index is 3.56. The largest absolute Gasteiger partial charge is 0.315 e. The quantitative estimate of drug-likeness (QED) is 0.527. The number of nitrogens with one attached hydrogen (secondary N) is 1. The minimum absolute atomic E-state index is 0.813. The summed E-state index contributed by atoms with van der Waals surface area (Å²) < 4.78 is 0. The molecule has 0 aromatic heterocycles. The van der Waals surface area contributed by atoms with E-state index in [1.807, 2.05) is 0 Å². The molecule has 1 fully saturated rings. The van der Waals surface area contributed by atoms with Crippen molar-refractivity contribution < 1.29 is 0 Å². The summed E-state index contributed by atoms with van der Waals surface area (Å²) in [5.41, 5.74) is 0. The third kappa shape index (κ3) is 8.26. The van der Waals surface area contributed by atoms with Crippen molar-refractivity contribution in [2.75, 3.05) is 26.2 Å². The van der Waals surface area contributed by atoms with Gasteiger partial charge in [-0.2, -0.15) is 0 Å². The van der Waals surface area contributed by atoms with Crippen LogP contribution in [0.3, 0.4) is 0 Å². The van der Waals surface area contributed by atoms with Crippen LogP contribution in [0.15, 0.2) is 0 Å². The second kappa shape index (κ2) is 12.6. The van der Waals surface area contributed by atoms with Gasteiger partial charge in [0, 0.05) is 12.6 Å². The molecule has 0 saturated carbocycles. The summed E-state index contributed by atoms with van der Waals surface area (Å²) in [5.74, 6) is 0. The van der Waals surface area contributed by atoms with E-state index in [0.717, 1.165) is 6.04 Å². The topological polar surface area (TPSA) is 15.3 Å². The minimum Gasteiger partial charge on any atom is -0.315 e. The van der Waals surface area contributed by atoms with Gasteiger partial charge in [-0.15, -0.1) is 0 Å². The van der Waals surface area contributed by atoms with Gasteiger partial charge in [-0.1, -0.05) is 58.8 Å². The second-order valence-electron chi connectivity index (χ2n) is 6.51. The molecule has 0 amide bonds. The van der Waals surface area contributed by atoms with Crippen LogP contribution < -0.4 is 5.32 Å². The van der Waals surface area contributed by atoms with Crippen LogP contribution in [0, 0.1) is 0 Å². The fraction of sp³-hybridized carbons (Fsp3) is 1.00. The average molecular weight is 283 g/mol. The summed E-state index contributed by atoms with van der Waals surface area (Å²) >= 11 is 0. The molecule has 0 spiro atoms. The molecule has 0 aromatic rings. The van der Waals surface area contributed by atoms with Gasteiger partial charge >= 0.3 is 0 Å². The lowest BCUT2D eigenvalue weighted by atomic mass is 10.0. The van der Waals surface area contributed by atoms with Crippen LogP contribution in [0.4, 0.5) is 0 Å². The molecule has 1 aliphatic heterocycles. The molecule has 0 radical (unpaired) electrons. The van der Waals surface area contributed by atoms with Crippen LogP contribution in [0.2, 0.25) is 0 Å². The van der Waals surface area contributed by atoms with E-state index in [-0.39, 0.29) is 0 Å². The highest BCUT2D eigenvalue weighted by molar-refractivity contribution is 4.78. The molecule has 1 unspecified atom stereocenters. The third-order valence-electron chi connectivity index (χ3n) is 4.60. The average Bonchev–Trinajstić information content (AvgIpc) is 2.50. The second-order valence-corrected chi connectivity index (χ2v) is 6.51. The van der Waals surface area contributed by atoms with Gasteiger partial charge in [0.25, 0.3) is 0 Å². The molecule has 1 aliphatic rings. The molecule has 1 N–H and O–H groups in total. The van der Waals surface area contributed by atoms with Crippen molar-refractivity contribution >= 4 is 0 Å². The first-order chi connectivity index (χ1) is 9.88. The summed E-state index contributed by atoms with van der Waals surface area (Å²) in [6, 6.07) is 0.813. The predicted molar refractivity (Wildman–Crippen MR) is 90.4 cm³/mol. The molecule has 1 rings (SSSR count). The van der Waals surface area contributed by atoms with Crippen molar-refractivity contribution in [1.82, 2.24) is 10.2 Å². The van der Waals surface area contributed by atoms with Gasteiger partial charge in [0.05, 0.1) is 0 Å². The molecule has 2 heteroatoms. The Bertz CT molecular complexity index is 200. The Morgan fingerprint density at radius 3 is 2.15 bits per heavy atom. The van der Waals surface area contributed by atoms with Gasteiger partial charge in [-0.05, 0) is 45.3 Å². The smallest absolute Gasteiger partial charge is 0.0221 e. The summed E-state index contributed by atoms with van der Waals surface area (Å²) in [6.07, 6.45) is 15.5. The Hall–Kier alpha value is -0.0800. The molecular weight excluding hydrogens is 244 g/mol. The van der Waals surface area contributed by atoms with Crippen molar-refractivity contribution in [2.45, 2.75) is 90.5 Å². The predicted octanol–water partition coefficient (Wildman–Crippen LogP) is 4.59. The number of rotatable bonds is 12. The Morgan fingerprint density at radius 1 is 0.850 bits per heavy atom. The highest BCUT2D eigenvalue weighted by Crippen LogP contribution is 2.14. The SMILES string of the molecule is CCCCCCCCCCN(CCC)C1CCCNC1. The molecule has 0 bridgehead atoms.